The molecule has 19 heavy (non-hydrogen) atoms. The van der Waals surface area contributed by atoms with Gasteiger partial charge in [0.25, 0.3) is 0 Å². The lowest BCUT2D eigenvalue weighted by Crippen LogP contribution is -1.97. The summed E-state index contributed by atoms with van der Waals surface area (Å²) in [5.41, 5.74) is 6.55. The maximum atomic E-state index is 5.81. The van der Waals surface area contributed by atoms with E-state index in [9.17, 15) is 0 Å². The smallest absolute Gasteiger partial charge is 0.146 e. The number of nitrogens with zero attached hydrogens (tertiary/aromatic N) is 1. The van der Waals surface area contributed by atoms with Crippen molar-refractivity contribution in [3.8, 4) is 11.5 Å². The van der Waals surface area contributed by atoms with E-state index >= 15 is 0 Å². The molecule has 3 heteroatoms. The van der Waals surface area contributed by atoms with E-state index in [0.717, 1.165) is 16.7 Å². The Labute approximate surface area is 111 Å². The molecule has 0 spiro atoms. The van der Waals surface area contributed by atoms with Crippen LogP contribution in [0, 0.1) is 0 Å². The van der Waals surface area contributed by atoms with Crippen LogP contribution in [-0.2, 0) is 6.54 Å². The van der Waals surface area contributed by atoms with Crippen LogP contribution >= 0.6 is 0 Å². The Morgan fingerprint density at radius 3 is 2.58 bits per heavy atom. The van der Waals surface area contributed by atoms with Gasteiger partial charge in [0.15, 0.2) is 0 Å². The first-order valence-corrected chi connectivity index (χ1v) is 6.16. The first-order chi connectivity index (χ1) is 9.35. The van der Waals surface area contributed by atoms with E-state index in [4.69, 9.17) is 10.5 Å². The van der Waals surface area contributed by atoms with Gasteiger partial charge in [0.2, 0.25) is 0 Å². The predicted molar refractivity (Wildman–Crippen MR) is 76.2 cm³/mol. The second-order valence-corrected chi connectivity index (χ2v) is 4.34. The number of nitrogens with two attached hydrogens (primary N) is 1. The topological polar surface area (TPSA) is 48.1 Å². The van der Waals surface area contributed by atoms with E-state index in [2.05, 4.69) is 17.1 Å². The minimum absolute atomic E-state index is 0.460. The lowest BCUT2D eigenvalue weighted by Gasteiger charge is -2.07. The van der Waals surface area contributed by atoms with Crippen LogP contribution in [0.4, 0.5) is 0 Å². The number of ether oxygens (including phenoxy) is 1. The summed E-state index contributed by atoms with van der Waals surface area (Å²) in [7, 11) is 0. The van der Waals surface area contributed by atoms with Crippen LogP contribution in [0.5, 0.6) is 11.5 Å². The molecule has 0 fully saturated rings. The Bertz CT molecular complexity index is 710. The van der Waals surface area contributed by atoms with Crippen LogP contribution in [0.3, 0.4) is 0 Å². The summed E-state index contributed by atoms with van der Waals surface area (Å²) in [6.45, 7) is 0.460. The zero-order chi connectivity index (χ0) is 13.1. The van der Waals surface area contributed by atoms with Gasteiger partial charge in [0.05, 0.1) is 6.20 Å². The molecule has 0 unspecified atom stereocenters. The van der Waals surface area contributed by atoms with Gasteiger partial charge in [0, 0.05) is 12.7 Å². The van der Waals surface area contributed by atoms with Crippen molar-refractivity contribution in [1.29, 1.82) is 0 Å². The SMILES string of the molecule is NCc1cncc(Oc2ccc3ccccc3c2)c1. The Hall–Kier alpha value is -2.39. The molecule has 0 amide bonds. The zero-order valence-corrected chi connectivity index (χ0v) is 10.4. The highest BCUT2D eigenvalue weighted by Gasteiger charge is 2.00. The highest BCUT2D eigenvalue weighted by molar-refractivity contribution is 5.83. The van der Waals surface area contributed by atoms with Crippen molar-refractivity contribution in [2.75, 3.05) is 0 Å². The van der Waals surface area contributed by atoms with Gasteiger partial charge >= 0.3 is 0 Å². The van der Waals surface area contributed by atoms with Crippen LogP contribution in [-0.4, -0.2) is 4.98 Å². The third kappa shape index (κ3) is 2.56. The zero-order valence-electron chi connectivity index (χ0n) is 10.4. The first kappa shape index (κ1) is 11.7. The average Bonchev–Trinajstić information content (AvgIpc) is 2.47. The number of benzene rings is 2. The quantitative estimate of drug-likeness (QED) is 0.774. The summed E-state index contributed by atoms with van der Waals surface area (Å²) in [5.74, 6) is 1.51. The first-order valence-electron chi connectivity index (χ1n) is 6.16. The maximum absolute atomic E-state index is 5.81. The fraction of sp³-hybridized carbons (Fsp3) is 0.0625. The van der Waals surface area contributed by atoms with Gasteiger partial charge < -0.3 is 10.5 Å². The summed E-state index contributed by atoms with van der Waals surface area (Å²) in [6.07, 6.45) is 3.43. The summed E-state index contributed by atoms with van der Waals surface area (Å²) >= 11 is 0. The summed E-state index contributed by atoms with van der Waals surface area (Å²) < 4.78 is 5.81. The third-order valence-electron chi connectivity index (χ3n) is 2.96. The monoisotopic (exact) mass is 250 g/mol. The molecule has 94 valence electrons. The van der Waals surface area contributed by atoms with Gasteiger partial charge in [-0.3, -0.25) is 4.98 Å². The standard InChI is InChI=1S/C16H14N2O/c17-9-12-7-16(11-18-10-12)19-15-6-5-13-3-1-2-4-14(13)8-15/h1-8,10-11H,9,17H2. The maximum Gasteiger partial charge on any atom is 0.146 e. The van der Waals surface area contributed by atoms with E-state index < -0.39 is 0 Å². The molecule has 0 bridgehead atoms. The molecule has 0 aliphatic heterocycles. The average molecular weight is 250 g/mol. The van der Waals surface area contributed by atoms with E-state index in [1.807, 2.05) is 36.4 Å². The molecular weight excluding hydrogens is 236 g/mol. The van der Waals surface area contributed by atoms with Crippen LogP contribution in [0.25, 0.3) is 10.8 Å². The highest BCUT2D eigenvalue weighted by Crippen LogP contribution is 2.25. The number of hydrogen-bond acceptors (Lipinski definition) is 3. The second-order valence-electron chi connectivity index (χ2n) is 4.34. The van der Waals surface area contributed by atoms with Crippen LogP contribution < -0.4 is 10.5 Å². The normalized spacial score (nSPS) is 10.6. The van der Waals surface area contributed by atoms with Gasteiger partial charge in [-0.05, 0) is 34.5 Å². The molecule has 0 saturated heterocycles. The van der Waals surface area contributed by atoms with Gasteiger partial charge in [-0.15, -0.1) is 0 Å². The summed E-state index contributed by atoms with van der Waals surface area (Å²) in [4.78, 5) is 4.11. The van der Waals surface area contributed by atoms with Crippen LogP contribution in [0.2, 0.25) is 0 Å². The molecule has 1 aromatic heterocycles. The lowest BCUT2D eigenvalue weighted by atomic mass is 10.1. The van der Waals surface area contributed by atoms with Crippen molar-refractivity contribution >= 4 is 10.8 Å². The largest absolute Gasteiger partial charge is 0.456 e. The van der Waals surface area contributed by atoms with Crippen molar-refractivity contribution < 1.29 is 4.74 Å². The Morgan fingerprint density at radius 2 is 1.74 bits per heavy atom. The second kappa shape index (κ2) is 5.08. The molecule has 0 aliphatic carbocycles. The minimum Gasteiger partial charge on any atom is -0.456 e. The third-order valence-corrected chi connectivity index (χ3v) is 2.96. The van der Waals surface area contributed by atoms with Crippen LogP contribution in [0.15, 0.2) is 60.9 Å². The summed E-state index contributed by atoms with van der Waals surface area (Å²) in [6, 6.07) is 16.1. The number of pyridine rings is 1. The fourth-order valence-corrected chi connectivity index (χ4v) is 2.00. The van der Waals surface area contributed by atoms with E-state index in [-0.39, 0.29) is 0 Å². The summed E-state index contributed by atoms with van der Waals surface area (Å²) in [5, 5.41) is 2.35. The molecule has 0 radical (unpaired) electrons. The van der Waals surface area contributed by atoms with Crippen molar-refractivity contribution in [3.63, 3.8) is 0 Å². The predicted octanol–water partition coefficient (Wildman–Crippen LogP) is 3.49. The highest BCUT2D eigenvalue weighted by atomic mass is 16.5. The van der Waals surface area contributed by atoms with Gasteiger partial charge in [0.1, 0.15) is 11.5 Å². The van der Waals surface area contributed by atoms with Crippen molar-refractivity contribution in [2.24, 2.45) is 5.73 Å². The van der Waals surface area contributed by atoms with E-state index in [1.165, 1.54) is 5.39 Å². The molecule has 2 N–H and O–H groups in total. The molecule has 3 aromatic rings. The minimum atomic E-state index is 0.460. The number of hydrogen-bond donors (Lipinski definition) is 1. The van der Waals surface area contributed by atoms with Crippen molar-refractivity contribution in [3.05, 3.63) is 66.5 Å². The lowest BCUT2D eigenvalue weighted by molar-refractivity contribution is 0.480. The van der Waals surface area contributed by atoms with Crippen molar-refractivity contribution in [2.45, 2.75) is 6.54 Å². The van der Waals surface area contributed by atoms with Crippen molar-refractivity contribution in [1.82, 2.24) is 4.98 Å². The Morgan fingerprint density at radius 1 is 0.895 bits per heavy atom. The molecule has 1 heterocycles. The Kier molecular flexibility index (Phi) is 3.12. The Balaban J connectivity index is 1.92. The molecule has 3 rings (SSSR count). The van der Waals surface area contributed by atoms with Crippen LogP contribution in [0.1, 0.15) is 5.56 Å². The molecular formula is C16H14N2O. The van der Waals surface area contributed by atoms with Gasteiger partial charge in [-0.2, -0.15) is 0 Å². The number of aromatic nitrogens is 1. The molecule has 0 atom stereocenters. The van der Waals surface area contributed by atoms with E-state index in [1.54, 1.807) is 12.4 Å². The van der Waals surface area contributed by atoms with Gasteiger partial charge in [-0.25, -0.2) is 0 Å². The fourth-order valence-electron chi connectivity index (χ4n) is 2.00. The van der Waals surface area contributed by atoms with Gasteiger partial charge in [-0.1, -0.05) is 30.3 Å². The molecule has 0 saturated carbocycles. The number of rotatable bonds is 3. The molecule has 3 nitrogen and oxygen atoms in total. The number of fused-ring (bicyclic) bond motifs is 1. The molecule has 0 aliphatic rings. The molecule has 2 aromatic carbocycles. The van der Waals surface area contributed by atoms with E-state index in [0.29, 0.717) is 12.3 Å².